The van der Waals surface area contributed by atoms with Gasteiger partial charge in [0.1, 0.15) is 23.0 Å². The van der Waals surface area contributed by atoms with Crippen LogP contribution in [0.5, 0.6) is 17.2 Å². The average molecular weight is 462 g/mol. The highest BCUT2D eigenvalue weighted by molar-refractivity contribution is 7.10. The third-order valence-corrected chi connectivity index (χ3v) is 6.92. The number of thiophene rings is 1. The molecule has 3 heterocycles. The maximum atomic E-state index is 12.9. The molecule has 170 valence electrons. The highest BCUT2D eigenvalue weighted by Gasteiger charge is 2.26. The van der Waals surface area contributed by atoms with Crippen molar-refractivity contribution in [2.24, 2.45) is 4.99 Å². The van der Waals surface area contributed by atoms with Gasteiger partial charge in [-0.15, -0.1) is 11.3 Å². The number of aliphatic imine (C=N–C) groups is 1. The molecule has 1 fully saturated rings. The molecule has 0 spiro atoms. The first-order valence-corrected chi connectivity index (χ1v) is 12.1. The van der Waals surface area contributed by atoms with Gasteiger partial charge in [-0.2, -0.15) is 0 Å². The monoisotopic (exact) mass is 461 g/mol. The topological polar surface area (TPSA) is 54.4 Å². The van der Waals surface area contributed by atoms with E-state index in [9.17, 15) is 4.79 Å². The lowest BCUT2D eigenvalue weighted by Crippen LogP contribution is -2.38. The molecule has 0 saturated carbocycles. The van der Waals surface area contributed by atoms with Crippen LogP contribution in [0.2, 0.25) is 0 Å². The molecule has 1 aromatic heterocycles. The van der Waals surface area contributed by atoms with Crippen molar-refractivity contribution in [3.63, 3.8) is 0 Å². The van der Waals surface area contributed by atoms with Crippen LogP contribution in [-0.2, 0) is 11.2 Å². The zero-order valence-electron chi connectivity index (χ0n) is 18.9. The second kappa shape index (κ2) is 9.27. The number of carbonyl (C=O) groups excluding carboxylic acids is 1. The van der Waals surface area contributed by atoms with Crippen molar-refractivity contribution in [2.45, 2.75) is 19.8 Å². The number of amides is 1. The second-order valence-electron chi connectivity index (χ2n) is 8.35. The number of amidine groups is 1. The van der Waals surface area contributed by atoms with Crippen LogP contribution >= 0.6 is 11.3 Å². The number of nitrogens with zero attached hydrogens (tertiary/aromatic N) is 3. The maximum Gasteiger partial charge on any atom is 0.227 e. The molecule has 33 heavy (non-hydrogen) atoms. The molecule has 7 heteroatoms. The third-order valence-electron chi connectivity index (χ3n) is 6.04. The van der Waals surface area contributed by atoms with Gasteiger partial charge in [0.2, 0.25) is 5.91 Å². The summed E-state index contributed by atoms with van der Waals surface area (Å²) >= 11 is 1.63. The fourth-order valence-electron chi connectivity index (χ4n) is 4.28. The number of aryl methyl sites for hydroxylation is 1. The smallest absolute Gasteiger partial charge is 0.227 e. The van der Waals surface area contributed by atoms with Gasteiger partial charge in [0.25, 0.3) is 0 Å². The van der Waals surface area contributed by atoms with E-state index in [1.54, 1.807) is 18.4 Å². The lowest BCUT2D eigenvalue weighted by atomic mass is 10.1. The molecule has 0 radical (unpaired) electrons. The number of fused-ring (bicyclic) bond motifs is 2. The van der Waals surface area contributed by atoms with E-state index in [-0.39, 0.29) is 5.91 Å². The summed E-state index contributed by atoms with van der Waals surface area (Å²) in [6.07, 6.45) is 1.37. The average Bonchev–Trinajstić information content (AvgIpc) is 3.12. The number of ether oxygens (including phenoxy) is 2. The van der Waals surface area contributed by atoms with E-state index < -0.39 is 0 Å². The normalized spacial score (nSPS) is 15.5. The van der Waals surface area contributed by atoms with Crippen molar-refractivity contribution in [2.75, 3.05) is 33.3 Å². The molecule has 1 amide bonds. The number of methoxy groups -OCH3 is 1. The number of hydrogen-bond donors (Lipinski definition) is 0. The molecule has 0 atom stereocenters. The quantitative estimate of drug-likeness (QED) is 0.549. The van der Waals surface area contributed by atoms with E-state index >= 15 is 0 Å². The van der Waals surface area contributed by atoms with Crippen LogP contribution in [0.3, 0.4) is 0 Å². The van der Waals surface area contributed by atoms with Crippen LogP contribution in [0, 0.1) is 6.92 Å². The Bertz CT molecular complexity index is 1190. The van der Waals surface area contributed by atoms with Gasteiger partial charge in [-0.1, -0.05) is 12.1 Å². The Morgan fingerprint density at radius 3 is 2.82 bits per heavy atom. The summed E-state index contributed by atoms with van der Waals surface area (Å²) in [5.74, 6) is 3.28. The third kappa shape index (κ3) is 4.59. The zero-order valence-corrected chi connectivity index (χ0v) is 19.7. The molecule has 0 N–H and O–H groups in total. The second-order valence-corrected chi connectivity index (χ2v) is 9.38. The van der Waals surface area contributed by atoms with Crippen LogP contribution < -0.4 is 9.47 Å². The maximum absolute atomic E-state index is 12.9. The first kappa shape index (κ1) is 21.5. The van der Waals surface area contributed by atoms with Crippen LogP contribution in [0.1, 0.15) is 22.4 Å². The Morgan fingerprint density at radius 2 is 2.00 bits per heavy atom. The first-order chi connectivity index (χ1) is 16.1. The standard InChI is InChI=1S/C26H27N3O3S/c1-18-6-9-22-24(15-18)32-23-16-19(31-2)7-8-21(23)26(27-22)29-11-4-10-28(12-13-29)25(30)17-20-5-3-14-33-20/h3,5-9,14-16H,4,10-13,17H2,1-2H3. The van der Waals surface area contributed by atoms with E-state index in [0.717, 1.165) is 70.8 Å². The molecule has 5 rings (SSSR count). The van der Waals surface area contributed by atoms with Crippen molar-refractivity contribution < 1.29 is 14.3 Å². The lowest BCUT2D eigenvalue weighted by molar-refractivity contribution is -0.130. The SMILES string of the molecule is COc1ccc2c(c1)Oc1cc(C)ccc1N=C2N1CCCN(C(=O)Cc2cccs2)CC1. The van der Waals surface area contributed by atoms with Gasteiger partial charge >= 0.3 is 0 Å². The first-order valence-electron chi connectivity index (χ1n) is 11.2. The summed E-state index contributed by atoms with van der Waals surface area (Å²) in [6.45, 7) is 5.03. The van der Waals surface area contributed by atoms with E-state index in [0.29, 0.717) is 13.0 Å². The van der Waals surface area contributed by atoms with Gasteiger partial charge in [0.05, 0.1) is 19.1 Å². The minimum Gasteiger partial charge on any atom is -0.497 e. The van der Waals surface area contributed by atoms with Crippen molar-refractivity contribution in [1.82, 2.24) is 9.80 Å². The van der Waals surface area contributed by atoms with E-state index in [1.165, 1.54) is 0 Å². The fraction of sp³-hybridized carbons (Fsp3) is 0.308. The predicted octanol–water partition coefficient (Wildman–Crippen LogP) is 5.03. The van der Waals surface area contributed by atoms with Crippen LogP contribution in [0.4, 0.5) is 5.69 Å². The van der Waals surface area contributed by atoms with E-state index in [1.807, 2.05) is 65.7 Å². The van der Waals surface area contributed by atoms with E-state index in [2.05, 4.69) is 4.90 Å². The van der Waals surface area contributed by atoms with Crippen molar-refractivity contribution in [1.29, 1.82) is 0 Å². The molecule has 0 unspecified atom stereocenters. The number of rotatable bonds is 3. The minimum atomic E-state index is 0.191. The van der Waals surface area contributed by atoms with Crippen LogP contribution in [0.25, 0.3) is 0 Å². The number of carbonyl (C=O) groups is 1. The van der Waals surface area contributed by atoms with Gasteiger partial charge in [-0.05, 0) is 54.6 Å². The van der Waals surface area contributed by atoms with Gasteiger partial charge in [-0.25, -0.2) is 4.99 Å². The highest BCUT2D eigenvalue weighted by atomic mass is 32.1. The number of hydrogen-bond acceptors (Lipinski definition) is 6. The Kier molecular flexibility index (Phi) is 6.05. The van der Waals surface area contributed by atoms with Crippen molar-refractivity contribution in [3.8, 4) is 17.2 Å². The summed E-state index contributed by atoms with van der Waals surface area (Å²) in [5.41, 5.74) is 2.86. The van der Waals surface area contributed by atoms with Crippen LogP contribution in [-0.4, -0.2) is 54.8 Å². The molecule has 2 aliphatic rings. The summed E-state index contributed by atoms with van der Waals surface area (Å²) < 4.78 is 11.8. The fourth-order valence-corrected chi connectivity index (χ4v) is 4.98. The molecule has 0 bridgehead atoms. The Balaban J connectivity index is 1.43. The van der Waals surface area contributed by atoms with Gasteiger partial charge in [-0.3, -0.25) is 4.79 Å². The molecule has 1 saturated heterocycles. The number of benzene rings is 2. The highest BCUT2D eigenvalue weighted by Crippen LogP contribution is 2.40. The van der Waals surface area contributed by atoms with Gasteiger partial charge < -0.3 is 19.3 Å². The molecular formula is C26H27N3O3S. The predicted molar refractivity (Wildman–Crippen MR) is 131 cm³/mol. The summed E-state index contributed by atoms with van der Waals surface area (Å²) in [6, 6.07) is 15.9. The Morgan fingerprint density at radius 1 is 1.09 bits per heavy atom. The Hall–Kier alpha value is -3.32. The largest absolute Gasteiger partial charge is 0.497 e. The summed E-state index contributed by atoms with van der Waals surface area (Å²) in [5, 5.41) is 2.02. The van der Waals surface area contributed by atoms with Crippen molar-refractivity contribution >= 4 is 28.8 Å². The molecular weight excluding hydrogens is 434 g/mol. The van der Waals surface area contributed by atoms with Gasteiger partial charge in [0.15, 0.2) is 5.75 Å². The molecule has 0 aliphatic carbocycles. The lowest BCUT2D eigenvalue weighted by Gasteiger charge is -2.25. The summed E-state index contributed by atoms with van der Waals surface area (Å²) in [7, 11) is 1.65. The van der Waals surface area contributed by atoms with Gasteiger partial charge in [0, 0.05) is 37.1 Å². The van der Waals surface area contributed by atoms with Crippen molar-refractivity contribution in [3.05, 3.63) is 69.9 Å². The van der Waals surface area contributed by atoms with Crippen LogP contribution in [0.15, 0.2) is 58.9 Å². The molecule has 3 aromatic rings. The molecule has 2 aliphatic heterocycles. The molecule has 2 aromatic carbocycles. The molecule has 6 nitrogen and oxygen atoms in total. The van der Waals surface area contributed by atoms with E-state index in [4.69, 9.17) is 14.5 Å². The zero-order chi connectivity index (χ0) is 22.8. The minimum absolute atomic E-state index is 0.191. The Labute approximate surface area is 198 Å². The summed E-state index contributed by atoms with van der Waals surface area (Å²) in [4.78, 5) is 23.3.